The van der Waals surface area contributed by atoms with E-state index in [2.05, 4.69) is 0 Å². The molecule has 0 aromatic heterocycles. The second kappa shape index (κ2) is 7.87. The Labute approximate surface area is 168 Å². The fraction of sp³-hybridized carbons (Fsp3) is 0. The van der Waals surface area contributed by atoms with Gasteiger partial charge in [-0.1, -0.05) is 48.5 Å². The van der Waals surface area contributed by atoms with Crippen molar-refractivity contribution in [2.75, 3.05) is 0 Å². The zero-order valence-electron chi connectivity index (χ0n) is 15.3. The van der Waals surface area contributed by atoms with E-state index in [-0.39, 0.29) is 0 Å². The SMILES string of the molecule is Fc1ccc[c]([Al-]([c]2cccc(F)c2)([c]2cccc(F)c2)[c]2cccc(F)c2)c1. The van der Waals surface area contributed by atoms with Gasteiger partial charge in [0.2, 0.25) is 0 Å². The second-order valence-corrected chi connectivity index (χ2v) is 11.5. The lowest BCUT2D eigenvalue weighted by molar-refractivity contribution is 0.629. The molecule has 0 atom stereocenters. The van der Waals surface area contributed by atoms with Crippen molar-refractivity contribution in [1.82, 2.24) is 0 Å². The van der Waals surface area contributed by atoms with E-state index in [1.807, 2.05) is 0 Å². The predicted octanol–water partition coefficient (Wildman–Crippen LogP) is 3.62. The Morgan fingerprint density at radius 3 is 0.828 bits per heavy atom. The highest BCUT2D eigenvalue weighted by Crippen LogP contribution is 2.12. The zero-order valence-corrected chi connectivity index (χ0v) is 16.5. The van der Waals surface area contributed by atoms with Crippen molar-refractivity contribution in [3.63, 3.8) is 0 Å². The van der Waals surface area contributed by atoms with Crippen LogP contribution in [0.3, 0.4) is 0 Å². The van der Waals surface area contributed by atoms with Crippen molar-refractivity contribution in [1.29, 1.82) is 0 Å². The number of rotatable bonds is 4. The van der Waals surface area contributed by atoms with Crippen LogP contribution in [0.25, 0.3) is 0 Å². The first-order valence-electron chi connectivity index (χ1n) is 9.20. The second-order valence-electron chi connectivity index (χ2n) is 7.09. The average molecular weight is 407 g/mol. The molecule has 0 fully saturated rings. The van der Waals surface area contributed by atoms with Gasteiger partial charge in [-0.2, -0.15) is 0 Å². The zero-order chi connectivity index (χ0) is 20.4. The summed E-state index contributed by atoms with van der Waals surface area (Å²) in [6, 6.07) is 24.0. The summed E-state index contributed by atoms with van der Waals surface area (Å²) >= 11 is -3.80. The van der Waals surface area contributed by atoms with Gasteiger partial charge in [-0.3, -0.25) is 0 Å². The fourth-order valence-electron chi connectivity index (χ4n) is 4.26. The first-order valence-corrected chi connectivity index (χ1v) is 11.5. The molecule has 4 aromatic carbocycles. The molecule has 0 spiro atoms. The molecule has 0 radical (unpaired) electrons. The largest absolute Gasteiger partial charge is 0.267 e. The summed E-state index contributed by atoms with van der Waals surface area (Å²) in [5, 5.41) is 0. The molecule has 5 heteroatoms. The highest BCUT2D eigenvalue weighted by atomic mass is 27.2. The number of hydrogen-bond donors (Lipinski definition) is 0. The summed E-state index contributed by atoms with van der Waals surface area (Å²) in [6.45, 7) is 0. The van der Waals surface area contributed by atoms with Gasteiger partial charge in [-0.25, -0.2) is 35.3 Å². The molecule has 0 unspecified atom stereocenters. The van der Waals surface area contributed by atoms with Crippen LogP contribution in [0.5, 0.6) is 0 Å². The summed E-state index contributed by atoms with van der Waals surface area (Å²) in [6.07, 6.45) is 0. The van der Waals surface area contributed by atoms with E-state index < -0.39 is 36.3 Å². The van der Waals surface area contributed by atoms with E-state index in [0.717, 1.165) is 0 Å². The maximum atomic E-state index is 14.3. The minimum Gasteiger partial charge on any atom is -0.215 e. The van der Waals surface area contributed by atoms with Crippen LogP contribution in [0, 0.1) is 23.3 Å². The van der Waals surface area contributed by atoms with Crippen LogP contribution >= 0.6 is 0 Å². The van der Waals surface area contributed by atoms with Crippen LogP contribution < -0.4 is 17.7 Å². The molecule has 0 nitrogen and oxygen atoms in total. The fourth-order valence-corrected chi connectivity index (χ4v) is 9.80. The summed E-state index contributed by atoms with van der Waals surface area (Å²) in [4.78, 5) is 0. The molecule has 0 heterocycles. The van der Waals surface area contributed by atoms with Crippen molar-refractivity contribution in [2.24, 2.45) is 0 Å². The molecule has 0 amide bonds. The van der Waals surface area contributed by atoms with E-state index in [4.69, 9.17) is 0 Å². The van der Waals surface area contributed by atoms with Crippen molar-refractivity contribution in [2.45, 2.75) is 0 Å². The Morgan fingerprint density at radius 2 is 0.621 bits per heavy atom. The van der Waals surface area contributed by atoms with E-state index in [9.17, 15) is 17.6 Å². The molecule has 0 saturated heterocycles. The van der Waals surface area contributed by atoms with Gasteiger partial charge in [0.15, 0.2) is 0 Å². The minimum absolute atomic E-state index is 0.462. The van der Waals surface area contributed by atoms with Gasteiger partial charge in [0.1, 0.15) is 23.3 Å². The molecular weight excluding hydrogens is 391 g/mol. The molecule has 29 heavy (non-hydrogen) atoms. The summed E-state index contributed by atoms with van der Waals surface area (Å²) in [5.74, 6) is -1.85. The van der Waals surface area contributed by atoms with Crippen LogP contribution in [0.15, 0.2) is 97.1 Å². The Hall–Kier alpha value is -2.87. The third-order valence-corrected chi connectivity index (χ3v) is 10.8. The Kier molecular flexibility index (Phi) is 5.28. The molecule has 0 aliphatic carbocycles. The molecule has 4 rings (SSSR count). The molecule has 0 bridgehead atoms. The third kappa shape index (κ3) is 3.60. The normalized spacial score (nSPS) is 11.4. The first-order chi connectivity index (χ1) is 14.0. The van der Waals surface area contributed by atoms with Crippen LogP contribution in [-0.4, -0.2) is 13.1 Å². The number of hydrogen-bond acceptors (Lipinski definition) is 0. The standard InChI is InChI=1S/4C6H4F.Al/c4*7-6-4-2-1-3-5-6;/h4*1-2,4-5H;/q;;;;-1. The molecule has 0 aliphatic heterocycles. The highest BCUT2D eigenvalue weighted by Gasteiger charge is 2.37. The van der Waals surface area contributed by atoms with Gasteiger partial charge in [-0.05, 0) is 24.3 Å². The monoisotopic (exact) mass is 407 g/mol. The van der Waals surface area contributed by atoms with Gasteiger partial charge in [0.05, 0.1) is 0 Å². The van der Waals surface area contributed by atoms with Gasteiger partial charge in [0, 0.05) is 0 Å². The first kappa shape index (κ1) is 19.4. The molecular formula is C24H16AlF4-. The number of halogens is 4. The molecule has 4 aromatic rings. The summed E-state index contributed by atoms with van der Waals surface area (Å²) in [5.41, 5.74) is 0. The smallest absolute Gasteiger partial charge is 0.215 e. The minimum atomic E-state index is -3.80. The quantitative estimate of drug-likeness (QED) is 0.358. The van der Waals surface area contributed by atoms with Gasteiger partial charge in [-0.15, -0.1) is 24.3 Å². The lowest BCUT2D eigenvalue weighted by atomic mass is 10.3. The third-order valence-electron chi connectivity index (χ3n) is 5.39. The molecule has 0 aliphatic rings. The highest BCUT2D eigenvalue weighted by molar-refractivity contribution is 7.19. The van der Waals surface area contributed by atoms with E-state index in [1.54, 1.807) is 48.5 Å². The lowest BCUT2D eigenvalue weighted by Gasteiger charge is -2.41. The van der Waals surface area contributed by atoms with Gasteiger partial charge < -0.3 is 0 Å². The van der Waals surface area contributed by atoms with E-state index in [1.165, 1.54) is 48.5 Å². The van der Waals surface area contributed by atoms with Crippen LogP contribution in [0.4, 0.5) is 17.6 Å². The predicted molar refractivity (Wildman–Crippen MR) is 110 cm³/mol. The lowest BCUT2D eigenvalue weighted by Crippen LogP contribution is -2.75. The molecule has 144 valence electrons. The molecule has 0 saturated carbocycles. The van der Waals surface area contributed by atoms with E-state index in [0.29, 0.717) is 17.7 Å². The topological polar surface area (TPSA) is 0 Å². The van der Waals surface area contributed by atoms with Crippen LogP contribution in [0.2, 0.25) is 0 Å². The Bertz CT molecular complexity index is 985. The van der Waals surface area contributed by atoms with Gasteiger partial charge in [0.25, 0.3) is 13.1 Å². The summed E-state index contributed by atoms with van der Waals surface area (Å²) in [7, 11) is 0. The summed E-state index contributed by atoms with van der Waals surface area (Å²) < 4.78 is 59.5. The maximum Gasteiger partial charge on any atom is 0.267 e. The average Bonchev–Trinajstić information content (AvgIpc) is 2.69. The Morgan fingerprint density at radius 1 is 0.379 bits per heavy atom. The van der Waals surface area contributed by atoms with Crippen LogP contribution in [-0.2, 0) is 0 Å². The van der Waals surface area contributed by atoms with Crippen molar-refractivity contribution in [3.8, 4) is 0 Å². The van der Waals surface area contributed by atoms with Crippen molar-refractivity contribution >= 4 is 30.8 Å². The molecule has 0 N–H and O–H groups in total. The van der Waals surface area contributed by atoms with Crippen molar-refractivity contribution in [3.05, 3.63) is 120 Å². The van der Waals surface area contributed by atoms with Gasteiger partial charge >= 0.3 is 0 Å². The van der Waals surface area contributed by atoms with Crippen molar-refractivity contribution < 1.29 is 17.6 Å². The number of benzene rings is 4. The Balaban J connectivity index is 2.19. The maximum absolute atomic E-state index is 14.3. The van der Waals surface area contributed by atoms with E-state index >= 15 is 0 Å². The van der Waals surface area contributed by atoms with Crippen LogP contribution in [0.1, 0.15) is 0 Å².